The van der Waals surface area contributed by atoms with Crippen LogP contribution in [0.1, 0.15) is 37.7 Å². The van der Waals surface area contributed by atoms with E-state index in [9.17, 15) is 13.2 Å². The molecular formula is C17H23NO3S. The maximum atomic E-state index is 12.0. The predicted molar refractivity (Wildman–Crippen MR) is 87.4 cm³/mol. The summed E-state index contributed by atoms with van der Waals surface area (Å²) in [6, 6.07) is 6.67. The van der Waals surface area contributed by atoms with Crippen LogP contribution in [0, 0.1) is 0 Å². The van der Waals surface area contributed by atoms with Crippen molar-refractivity contribution < 1.29 is 13.2 Å². The molecule has 0 spiro atoms. The third-order valence-electron chi connectivity index (χ3n) is 3.88. The molecule has 1 N–H and O–H groups in total. The maximum Gasteiger partial charge on any atom is 0.224 e. The first-order valence-electron chi connectivity index (χ1n) is 7.69. The molecule has 4 nitrogen and oxygen atoms in total. The maximum absolute atomic E-state index is 12.0. The Morgan fingerprint density at radius 1 is 1.23 bits per heavy atom. The quantitative estimate of drug-likeness (QED) is 0.819. The van der Waals surface area contributed by atoms with Crippen molar-refractivity contribution in [3.05, 3.63) is 41.5 Å². The van der Waals surface area contributed by atoms with Crippen LogP contribution >= 0.6 is 0 Å². The summed E-state index contributed by atoms with van der Waals surface area (Å²) in [6.45, 7) is 0.617. The lowest BCUT2D eigenvalue weighted by Crippen LogP contribution is -2.27. The van der Waals surface area contributed by atoms with Gasteiger partial charge in [0.25, 0.3) is 0 Å². The molecule has 5 heteroatoms. The summed E-state index contributed by atoms with van der Waals surface area (Å²) in [4.78, 5) is 12.2. The normalized spacial score (nSPS) is 15.2. The minimum Gasteiger partial charge on any atom is -0.355 e. The van der Waals surface area contributed by atoms with Crippen LogP contribution in [-0.4, -0.2) is 27.1 Å². The zero-order valence-electron chi connectivity index (χ0n) is 13.0. The van der Waals surface area contributed by atoms with Gasteiger partial charge in [0.15, 0.2) is 9.84 Å². The Morgan fingerprint density at radius 3 is 2.68 bits per heavy atom. The molecule has 0 bridgehead atoms. The second kappa shape index (κ2) is 7.58. The van der Waals surface area contributed by atoms with Crippen molar-refractivity contribution in [1.29, 1.82) is 0 Å². The van der Waals surface area contributed by atoms with Gasteiger partial charge in [-0.25, -0.2) is 8.42 Å². The molecule has 22 heavy (non-hydrogen) atoms. The van der Waals surface area contributed by atoms with Crippen molar-refractivity contribution in [1.82, 2.24) is 5.32 Å². The van der Waals surface area contributed by atoms with Crippen LogP contribution in [0.3, 0.4) is 0 Å². The zero-order chi connectivity index (χ0) is 16.0. The predicted octanol–water partition coefficient (Wildman–Crippen LogP) is 2.64. The summed E-state index contributed by atoms with van der Waals surface area (Å²) in [6.07, 6.45) is 9.20. The van der Waals surface area contributed by atoms with E-state index in [1.165, 1.54) is 24.7 Å². The number of allylic oxidation sites excluding steroid dienone is 1. The van der Waals surface area contributed by atoms with Gasteiger partial charge in [-0.05, 0) is 43.7 Å². The van der Waals surface area contributed by atoms with Gasteiger partial charge in [-0.3, -0.25) is 4.79 Å². The largest absolute Gasteiger partial charge is 0.355 e. The van der Waals surface area contributed by atoms with Crippen LogP contribution in [0.2, 0.25) is 0 Å². The fourth-order valence-electron chi connectivity index (χ4n) is 2.74. The molecule has 0 saturated carbocycles. The molecule has 0 atom stereocenters. The first-order valence-corrected chi connectivity index (χ1v) is 9.58. The van der Waals surface area contributed by atoms with Crippen LogP contribution < -0.4 is 5.32 Å². The smallest absolute Gasteiger partial charge is 0.224 e. The average Bonchev–Trinajstić information content (AvgIpc) is 2.48. The number of rotatable bonds is 6. The molecule has 1 aromatic carbocycles. The van der Waals surface area contributed by atoms with Gasteiger partial charge in [-0.1, -0.05) is 29.8 Å². The van der Waals surface area contributed by atoms with Crippen LogP contribution in [0.25, 0.3) is 0 Å². The second-order valence-corrected chi connectivity index (χ2v) is 7.75. The van der Waals surface area contributed by atoms with Crippen LogP contribution in [0.15, 0.2) is 40.8 Å². The highest BCUT2D eigenvalue weighted by Gasteiger charge is 2.15. The van der Waals surface area contributed by atoms with Crippen molar-refractivity contribution in [2.75, 3.05) is 12.8 Å². The van der Waals surface area contributed by atoms with Gasteiger partial charge in [0, 0.05) is 12.8 Å². The van der Waals surface area contributed by atoms with Crippen molar-refractivity contribution in [3.63, 3.8) is 0 Å². The molecule has 0 heterocycles. The summed E-state index contributed by atoms with van der Waals surface area (Å²) in [7, 11) is -3.31. The fraction of sp³-hybridized carbons (Fsp3) is 0.471. The van der Waals surface area contributed by atoms with Gasteiger partial charge in [-0.15, -0.1) is 0 Å². The molecule has 0 unspecified atom stereocenters. The standard InChI is InChI=1S/C17H23NO3S/c1-22(20,21)16-10-6-5-9-15(16)13-17(19)18-12-11-14-7-3-2-4-8-14/h5-7,9-10H,2-4,8,11-13H2,1H3,(H,18,19). The number of hydrogen-bond acceptors (Lipinski definition) is 3. The Balaban J connectivity index is 1.88. The number of sulfone groups is 1. The number of nitrogens with one attached hydrogen (secondary N) is 1. The van der Waals surface area contributed by atoms with Crippen LogP contribution in [-0.2, 0) is 21.1 Å². The summed E-state index contributed by atoms with van der Waals surface area (Å²) < 4.78 is 23.4. The highest BCUT2D eigenvalue weighted by molar-refractivity contribution is 7.90. The SMILES string of the molecule is CS(=O)(=O)c1ccccc1CC(=O)NCCC1=CCCCC1. The van der Waals surface area contributed by atoms with Gasteiger partial charge in [0.2, 0.25) is 5.91 Å². The lowest BCUT2D eigenvalue weighted by molar-refractivity contribution is -0.120. The van der Waals surface area contributed by atoms with Gasteiger partial charge < -0.3 is 5.32 Å². The van der Waals surface area contributed by atoms with Gasteiger partial charge in [0.05, 0.1) is 11.3 Å². The molecule has 0 aromatic heterocycles. The molecule has 0 radical (unpaired) electrons. The van der Waals surface area contributed by atoms with E-state index in [0.29, 0.717) is 12.1 Å². The third-order valence-corrected chi connectivity index (χ3v) is 5.07. The van der Waals surface area contributed by atoms with Gasteiger partial charge >= 0.3 is 0 Å². The monoisotopic (exact) mass is 321 g/mol. The summed E-state index contributed by atoms with van der Waals surface area (Å²) in [5, 5.41) is 2.88. The van der Waals surface area contributed by atoms with E-state index in [1.807, 2.05) is 0 Å². The van der Waals surface area contributed by atoms with E-state index >= 15 is 0 Å². The third kappa shape index (κ3) is 4.98. The first-order chi connectivity index (χ1) is 10.5. The van der Waals surface area contributed by atoms with Gasteiger partial charge in [0.1, 0.15) is 0 Å². The minimum atomic E-state index is -3.31. The second-order valence-electron chi connectivity index (χ2n) is 5.76. The van der Waals surface area contributed by atoms with E-state index in [-0.39, 0.29) is 17.2 Å². The molecule has 1 aliphatic carbocycles. The summed E-state index contributed by atoms with van der Waals surface area (Å²) >= 11 is 0. The number of carbonyl (C=O) groups excluding carboxylic acids is 1. The molecule has 0 saturated heterocycles. The molecule has 120 valence electrons. The molecule has 1 aromatic rings. The van der Waals surface area contributed by atoms with Crippen LogP contribution in [0.4, 0.5) is 0 Å². The Morgan fingerprint density at radius 2 is 2.00 bits per heavy atom. The Bertz CT molecular complexity index is 662. The van der Waals surface area contributed by atoms with Crippen molar-refractivity contribution in [2.24, 2.45) is 0 Å². The highest BCUT2D eigenvalue weighted by Crippen LogP contribution is 2.19. The van der Waals surface area contributed by atoms with E-state index < -0.39 is 9.84 Å². The molecule has 1 aliphatic rings. The summed E-state index contributed by atoms with van der Waals surface area (Å²) in [5.41, 5.74) is 1.97. The number of carbonyl (C=O) groups is 1. The first kappa shape index (κ1) is 16.7. The minimum absolute atomic E-state index is 0.0995. The molecular weight excluding hydrogens is 298 g/mol. The average molecular weight is 321 g/mol. The summed E-state index contributed by atoms with van der Waals surface area (Å²) in [5.74, 6) is -0.132. The number of amides is 1. The Hall–Kier alpha value is -1.62. The van der Waals surface area contributed by atoms with Crippen molar-refractivity contribution in [3.8, 4) is 0 Å². The molecule has 1 amide bonds. The number of benzene rings is 1. The number of hydrogen-bond donors (Lipinski definition) is 1. The fourth-order valence-corrected chi connectivity index (χ4v) is 3.68. The van der Waals surface area contributed by atoms with Crippen molar-refractivity contribution in [2.45, 2.75) is 43.4 Å². The molecule has 2 rings (SSSR count). The molecule has 0 aliphatic heterocycles. The topological polar surface area (TPSA) is 63.2 Å². The Kier molecular flexibility index (Phi) is 5.77. The van der Waals surface area contributed by atoms with Crippen molar-refractivity contribution >= 4 is 15.7 Å². The van der Waals surface area contributed by atoms with E-state index in [0.717, 1.165) is 19.3 Å². The van der Waals surface area contributed by atoms with E-state index in [4.69, 9.17) is 0 Å². The van der Waals surface area contributed by atoms with Gasteiger partial charge in [-0.2, -0.15) is 0 Å². The lowest BCUT2D eigenvalue weighted by Gasteiger charge is -2.13. The van der Waals surface area contributed by atoms with E-state index in [1.54, 1.807) is 24.3 Å². The van der Waals surface area contributed by atoms with Crippen LogP contribution in [0.5, 0.6) is 0 Å². The van der Waals surface area contributed by atoms with E-state index in [2.05, 4.69) is 11.4 Å². The highest BCUT2D eigenvalue weighted by atomic mass is 32.2. The lowest BCUT2D eigenvalue weighted by atomic mass is 9.97. The molecule has 0 fully saturated rings. The Labute approximate surface area is 132 Å². The zero-order valence-corrected chi connectivity index (χ0v) is 13.8.